The number of fused-ring (bicyclic) bond motifs is 1. The predicted molar refractivity (Wildman–Crippen MR) is 134 cm³/mol. The van der Waals surface area contributed by atoms with Crippen molar-refractivity contribution in [3.05, 3.63) is 75.1 Å². The molecule has 0 spiro atoms. The van der Waals surface area contributed by atoms with E-state index in [0.29, 0.717) is 23.4 Å². The van der Waals surface area contributed by atoms with E-state index in [9.17, 15) is 14.4 Å². The van der Waals surface area contributed by atoms with E-state index < -0.39 is 0 Å². The molecule has 0 saturated carbocycles. The standard InChI is InChI=1S/C27H33N3O3/c1-8-30-24-12-10-19(13-23(24)21(16(2)3)15-25(30)31)27(33)29(7)20-11-9-18(6)22(14-20)26(32)28-17(4)5/h9-17H,8H2,1-7H3,(H,28,32). The molecule has 2 amide bonds. The fourth-order valence-corrected chi connectivity index (χ4v) is 4.06. The van der Waals surface area contributed by atoms with Gasteiger partial charge in [0.2, 0.25) is 0 Å². The van der Waals surface area contributed by atoms with Gasteiger partial charge in [0, 0.05) is 47.9 Å². The third-order valence-corrected chi connectivity index (χ3v) is 5.91. The van der Waals surface area contributed by atoms with Gasteiger partial charge < -0.3 is 14.8 Å². The molecule has 0 saturated heterocycles. The number of aryl methyl sites for hydroxylation is 2. The monoisotopic (exact) mass is 447 g/mol. The highest BCUT2D eigenvalue weighted by Crippen LogP contribution is 2.27. The lowest BCUT2D eigenvalue weighted by Gasteiger charge is -2.21. The van der Waals surface area contributed by atoms with Gasteiger partial charge >= 0.3 is 0 Å². The number of anilines is 1. The van der Waals surface area contributed by atoms with Crippen molar-refractivity contribution >= 4 is 28.4 Å². The number of hydrogen-bond acceptors (Lipinski definition) is 3. The molecule has 3 rings (SSSR count). The molecule has 174 valence electrons. The van der Waals surface area contributed by atoms with Crippen LogP contribution in [-0.2, 0) is 6.54 Å². The fraction of sp³-hybridized carbons (Fsp3) is 0.370. The number of aromatic nitrogens is 1. The molecule has 0 fully saturated rings. The van der Waals surface area contributed by atoms with Crippen LogP contribution in [0.4, 0.5) is 5.69 Å². The molecule has 0 atom stereocenters. The normalized spacial score (nSPS) is 11.3. The van der Waals surface area contributed by atoms with E-state index in [2.05, 4.69) is 5.32 Å². The number of amides is 2. The average Bonchev–Trinajstić information content (AvgIpc) is 2.77. The maximum absolute atomic E-state index is 13.4. The van der Waals surface area contributed by atoms with E-state index in [1.54, 1.807) is 34.7 Å². The largest absolute Gasteiger partial charge is 0.350 e. The highest BCUT2D eigenvalue weighted by molar-refractivity contribution is 6.08. The number of benzene rings is 2. The number of nitrogens with one attached hydrogen (secondary N) is 1. The Hall–Kier alpha value is -3.41. The van der Waals surface area contributed by atoms with E-state index in [0.717, 1.165) is 22.0 Å². The van der Waals surface area contributed by atoms with Crippen molar-refractivity contribution in [3.63, 3.8) is 0 Å². The third-order valence-electron chi connectivity index (χ3n) is 5.91. The van der Waals surface area contributed by atoms with Crippen molar-refractivity contribution in [1.29, 1.82) is 0 Å². The molecule has 6 nitrogen and oxygen atoms in total. The van der Waals surface area contributed by atoms with Crippen LogP contribution in [0.25, 0.3) is 10.9 Å². The second-order valence-corrected chi connectivity index (χ2v) is 9.06. The van der Waals surface area contributed by atoms with Gasteiger partial charge in [-0.1, -0.05) is 19.9 Å². The smallest absolute Gasteiger partial charge is 0.258 e. The Kier molecular flexibility index (Phi) is 7.06. The van der Waals surface area contributed by atoms with E-state index in [4.69, 9.17) is 0 Å². The Balaban J connectivity index is 2.04. The maximum Gasteiger partial charge on any atom is 0.258 e. The summed E-state index contributed by atoms with van der Waals surface area (Å²) in [6.45, 7) is 12.3. The van der Waals surface area contributed by atoms with Crippen LogP contribution in [0.3, 0.4) is 0 Å². The lowest BCUT2D eigenvalue weighted by molar-refractivity contribution is 0.0940. The van der Waals surface area contributed by atoms with Gasteiger partial charge in [0.15, 0.2) is 0 Å². The van der Waals surface area contributed by atoms with E-state index >= 15 is 0 Å². The summed E-state index contributed by atoms with van der Waals surface area (Å²) in [6.07, 6.45) is 0. The summed E-state index contributed by atoms with van der Waals surface area (Å²) >= 11 is 0. The second kappa shape index (κ2) is 9.61. The van der Waals surface area contributed by atoms with E-state index in [1.807, 2.05) is 65.8 Å². The lowest BCUT2D eigenvalue weighted by atomic mass is 9.97. The van der Waals surface area contributed by atoms with Crippen molar-refractivity contribution in [2.45, 2.75) is 60.0 Å². The first-order valence-corrected chi connectivity index (χ1v) is 11.4. The average molecular weight is 448 g/mol. The summed E-state index contributed by atoms with van der Waals surface area (Å²) in [6, 6.07) is 12.6. The Labute approximate surface area is 195 Å². The minimum Gasteiger partial charge on any atom is -0.350 e. The first-order chi connectivity index (χ1) is 15.5. The van der Waals surface area contributed by atoms with E-state index in [-0.39, 0.29) is 29.3 Å². The zero-order chi connectivity index (χ0) is 24.4. The van der Waals surface area contributed by atoms with Gasteiger partial charge in [0.1, 0.15) is 0 Å². The van der Waals surface area contributed by atoms with Gasteiger partial charge in [-0.15, -0.1) is 0 Å². The first-order valence-electron chi connectivity index (χ1n) is 11.4. The zero-order valence-corrected chi connectivity index (χ0v) is 20.5. The first kappa shape index (κ1) is 24.2. The predicted octanol–water partition coefficient (Wildman–Crippen LogP) is 4.87. The third kappa shape index (κ3) is 4.85. The Bertz CT molecular complexity index is 1270. The molecule has 33 heavy (non-hydrogen) atoms. The molecule has 3 aromatic rings. The Morgan fingerprint density at radius 1 is 1.03 bits per heavy atom. The van der Waals surface area contributed by atoms with E-state index in [1.165, 1.54) is 0 Å². The summed E-state index contributed by atoms with van der Waals surface area (Å²) < 4.78 is 1.72. The van der Waals surface area contributed by atoms with Gasteiger partial charge in [-0.3, -0.25) is 14.4 Å². The highest BCUT2D eigenvalue weighted by atomic mass is 16.2. The fourth-order valence-electron chi connectivity index (χ4n) is 4.06. The van der Waals surface area contributed by atoms with Crippen LogP contribution in [0.5, 0.6) is 0 Å². The summed E-state index contributed by atoms with van der Waals surface area (Å²) in [5, 5.41) is 3.82. The van der Waals surface area contributed by atoms with Crippen molar-refractivity contribution in [2.75, 3.05) is 11.9 Å². The molecule has 0 aliphatic rings. The van der Waals surface area contributed by atoms with Crippen molar-refractivity contribution in [3.8, 4) is 0 Å². The molecule has 1 heterocycles. The number of hydrogen-bond donors (Lipinski definition) is 1. The molecule has 6 heteroatoms. The van der Waals surface area contributed by atoms with Crippen molar-refractivity contribution < 1.29 is 9.59 Å². The maximum atomic E-state index is 13.4. The Morgan fingerprint density at radius 3 is 2.33 bits per heavy atom. The SMILES string of the molecule is CCn1c(=O)cc(C(C)C)c2cc(C(=O)N(C)c3ccc(C)c(C(=O)NC(C)C)c3)ccc21. The molecular weight excluding hydrogens is 414 g/mol. The summed E-state index contributed by atoms with van der Waals surface area (Å²) in [4.78, 5) is 40.1. The summed E-state index contributed by atoms with van der Waals surface area (Å²) in [7, 11) is 1.71. The molecule has 1 N–H and O–H groups in total. The lowest BCUT2D eigenvalue weighted by Crippen LogP contribution is -2.31. The van der Waals surface area contributed by atoms with Crippen LogP contribution in [0.15, 0.2) is 47.3 Å². The highest BCUT2D eigenvalue weighted by Gasteiger charge is 2.19. The van der Waals surface area contributed by atoms with Crippen LogP contribution in [0.1, 0.15) is 72.4 Å². The molecule has 0 bridgehead atoms. The van der Waals surface area contributed by atoms with Gasteiger partial charge in [0.25, 0.3) is 17.4 Å². The summed E-state index contributed by atoms with van der Waals surface area (Å²) in [5.41, 5.74) is 4.30. The van der Waals surface area contributed by atoms with Crippen LogP contribution < -0.4 is 15.8 Å². The van der Waals surface area contributed by atoms with Gasteiger partial charge in [-0.2, -0.15) is 0 Å². The molecule has 0 unspecified atom stereocenters. The zero-order valence-electron chi connectivity index (χ0n) is 20.5. The second-order valence-electron chi connectivity index (χ2n) is 9.06. The van der Waals surface area contributed by atoms with Crippen LogP contribution in [0, 0.1) is 6.92 Å². The minimum atomic E-state index is -0.181. The molecule has 2 aromatic carbocycles. The van der Waals surface area contributed by atoms with Crippen molar-refractivity contribution in [1.82, 2.24) is 9.88 Å². The Morgan fingerprint density at radius 2 is 1.73 bits per heavy atom. The summed E-state index contributed by atoms with van der Waals surface area (Å²) in [5.74, 6) is -0.191. The number of pyridine rings is 1. The number of nitrogens with zero attached hydrogens (tertiary/aromatic N) is 2. The van der Waals surface area contributed by atoms with Crippen LogP contribution >= 0.6 is 0 Å². The molecular formula is C27H33N3O3. The number of carbonyl (C=O) groups excluding carboxylic acids is 2. The minimum absolute atomic E-state index is 0.0215. The molecule has 1 aromatic heterocycles. The van der Waals surface area contributed by atoms with Crippen LogP contribution in [0.2, 0.25) is 0 Å². The number of carbonyl (C=O) groups is 2. The van der Waals surface area contributed by atoms with Gasteiger partial charge in [-0.25, -0.2) is 0 Å². The van der Waals surface area contributed by atoms with Crippen LogP contribution in [-0.4, -0.2) is 29.5 Å². The quantitative estimate of drug-likeness (QED) is 0.586. The molecule has 0 aliphatic carbocycles. The molecule has 0 aliphatic heterocycles. The van der Waals surface area contributed by atoms with Gasteiger partial charge in [0.05, 0.1) is 5.52 Å². The molecule has 0 radical (unpaired) electrons. The topological polar surface area (TPSA) is 71.4 Å². The van der Waals surface area contributed by atoms with Gasteiger partial charge in [-0.05, 0) is 75.1 Å². The van der Waals surface area contributed by atoms with Crippen molar-refractivity contribution in [2.24, 2.45) is 0 Å². The number of rotatable bonds is 6.